The number of rotatable bonds is 6. The zero-order valence-corrected chi connectivity index (χ0v) is 12.1. The number of nitrogens with one attached hydrogen (secondary N) is 2. The van der Waals surface area contributed by atoms with Crippen LogP contribution in [0.1, 0.15) is 22.8 Å². The van der Waals surface area contributed by atoms with Crippen LogP contribution in [0.15, 0.2) is 18.2 Å². The molecule has 1 atom stereocenters. The molecule has 1 unspecified atom stereocenters. The van der Waals surface area contributed by atoms with Gasteiger partial charge in [-0.3, -0.25) is 14.8 Å². The zero-order chi connectivity index (χ0) is 16.0. The first kappa shape index (κ1) is 17.4. The van der Waals surface area contributed by atoms with Crippen molar-refractivity contribution in [1.29, 1.82) is 0 Å². The van der Waals surface area contributed by atoms with Crippen LogP contribution in [-0.2, 0) is 17.0 Å². The highest BCUT2D eigenvalue weighted by molar-refractivity contribution is 7.84. The van der Waals surface area contributed by atoms with Crippen molar-refractivity contribution in [2.24, 2.45) is 5.84 Å². The minimum atomic E-state index is -4.62. The normalized spacial score (nSPS) is 12.8. The quantitative estimate of drug-likeness (QED) is 0.547. The van der Waals surface area contributed by atoms with Gasteiger partial charge in [-0.1, -0.05) is 13.0 Å². The van der Waals surface area contributed by atoms with E-state index in [1.54, 1.807) is 6.92 Å². The molecule has 1 amide bonds. The zero-order valence-electron chi connectivity index (χ0n) is 11.3. The fraction of sp³-hybridized carbons (Fsp3) is 0.417. The van der Waals surface area contributed by atoms with Gasteiger partial charge in [0.2, 0.25) is 0 Å². The van der Waals surface area contributed by atoms with Gasteiger partial charge in [0, 0.05) is 28.9 Å². The number of para-hydroxylation sites is 1. The Kier molecular flexibility index (Phi) is 6.16. The second-order valence-electron chi connectivity index (χ2n) is 4.06. The third-order valence-corrected chi connectivity index (χ3v) is 4.00. The van der Waals surface area contributed by atoms with E-state index in [4.69, 9.17) is 5.84 Å². The Hall–Kier alpha value is -1.61. The van der Waals surface area contributed by atoms with Crippen molar-refractivity contribution in [3.05, 3.63) is 29.3 Å². The van der Waals surface area contributed by atoms with Crippen LogP contribution in [0.25, 0.3) is 0 Å². The lowest BCUT2D eigenvalue weighted by Crippen LogP contribution is -2.30. The predicted molar refractivity (Wildman–Crippen MR) is 75.1 cm³/mol. The summed E-state index contributed by atoms with van der Waals surface area (Å²) in [6.45, 7) is 1.85. The number of carbonyl (C=O) groups is 1. The van der Waals surface area contributed by atoms with Crippen LogP contribution in [0.3, 0.4) is 0 Å². The number of halogens is 3. The van der Waals surface area contributed by atoms with Gasteiger partial charge in [-0.2, -0.15) is 13.2 Å². The van der Waals surface area contributed by atoms with Crippen LogP contribution in [0, 0.1) is 0 Å². The second kappa shape index (κ2) is 7.41. The predicted octanol–water partition coefficient (Wildman–Crippen LogP) is 1.49. The molecule has 0 heterocycles. The molecule has 0 aliphatic rings. The molecule has 21 heavy (non-hydrogen) atoms. The van der Waals surface area contributed by atoms with Crippen molar-refractivity contribution in [3.63, 3.8) is 0 Å². The number of hydrogen-bond acceptors (Lipinski definition) is 4. The van der Waals surface area contributed by atoms with Gasteiger partial charge >= 0.3 is 6.18 Å². The highest BCUT2D eigenvalue weighted by atomic mass is 32.2. The molecule has 0 aliphatic heterocycles. The molecule has 1 aromatic carbocycles. The topological polar surface area (TPSA) is 84.2 Å². The third kappa shape index (κ3) is 4.71. The summed E-state index contributed by atoms with van der Waals surface area (Å²) >= 11 is 0. The molecule has 0 saturated carbocycles. The number of benzene rings is 1. The fourth-order valence-electron chi connectivity index (χ4n) is 1.65. The van der Waals surface area contributed by atoms with Crippen molar-refractivity contribution >= 4 is 22.4 Å². The number of amides is 1. The minimum Gasteiger partial charge on any atom is -0.351 e. The van der Waals surface area contributed by atoms with E-state index >= 15 is 0 Å². The maximum absolute atomic E-state index is 12.8. The molecular formula is C12H16F3N3O2S. The fourth-order valence-corrected chi connectivity index (χ4v) is 2.27. The van der Waals surface area contributed by atoms with E-state index in [0.717, 1.165) is 12.1 Å². The number of nitrogens with two attached hydrogens (primary N) is 1. The van der Waals surface area contributed by atoms with E-state index in [1.807, 2.05) is 5.43 Å². The molecule has 0 spiro atoms. The molecule has 1 aromatic rings. The van der Waals surface area contributed by atoms with Crippen molar-refractivity contribution in [1.82, 2.24) is 5.32 Å². The largest absolute Gasteiger partial charge is 0.418 e. The van der Waals surface area contributed by atoms with Crippen LogP contribution in [0.4, 0.5) is 18.9 Å². The molecular weight excluding hydrogens is 307 g/mol. The lowest BCUT2D eigenvalue weighted by Gasteiger charge is -2.16. The monoisotopic (exact) mass is 323 g/mol. The number of nitrogen functional groups attached to an aromatic ring is 1. The SMILES string of the molecule is CCS(=O)CCNC(=O)c1cccc(C(F)(F)F)c1NN. The van der Waals surface area contributed by atoms with Crippen molar-refractivity contribution < 1.29 is 22.2 Å². The summed E-state index contributed by atoms with van der Waals surface area (Å²) in [4.78, 5) is 11.9. The van der Waals surface area contributed by atoms with Crippen molar-refractivity contribution in [2.45, 2.75) is 13.1 Å². The van der Waals surface area contributed by atoms with E-state index < -0.39 is 34.1 Å². The van der Waals surface area contributed by atoms with Gasteiger partial charge in [0.1, 0.15) is 0 Å². The van der Waals surface area contributed by atoms with Crippen LogP contribution < -0.4 is 16.6 Å². The van der Waals surface area contributed by atoms with E-state index in [2.05, 4.69) is 5.32 Å². The summed E-state index contributed by atoms with van der Waals surface area (Å²) in [6.07, 6.45) is -4.62. The van der Waals surface area contributed by atoms with Gasteiger partial charge in [-0.05, 0) is 12.1 Å². The Labute approximate surface area is 122 Å². The Bertz CT molecular complexity index is 535. The number of hydrazine groups is 1. The van der Waals surface area contributed by atoms with Gasteiger partial charge in [0.25, 0.3) is 5.91 Å². The van der Waals surface area contributed by atoms with Crippen molar-refractivity contribution in [2.75, 3.05) is 23.5 Å². The number of hydrogen-bond donors (Lipinski definition) is 3. The maximum atomic E-state index is 12.8. The van der Waals surface area contributed by atoms with Gasteiger partial charge < -0.3 is 10.7 Å². The Balaban J connectivity index is 2.92. The van der Waals surface area contributed by atoms with Gasteiger partial charge in [0.05, 0.1) is 16.8 Å². The molecule has 0 fully saturated rings. The molecule has 118 valence electrons. The van der Waals surface area contributed by atoms with Crippen LogP contribution in [-0.4, -0.2) is 28.2 Å². The van der Waals surface area contributed by atoms with E-state index in [1.165, 1.54) is 6.07 Å². The maximum Gasteiger partial charge on any atom is 0.418 e. The summed E-state index contributed by atoms with van der Waals surface area (Å²) in [5, 5.41) is 2.42. The van der Waals surface area contributed by atoms with Crippen LogP contribution >= 0.6 is 0 Å². The Morgan fingerprint density at radius 2 is 2.05 bits per heavy atom. The molecule has 0 aromatic heterocycles. The molecule has 0 aliphatic carbocycles. The first-order valence-electron chi connectivity index (χ1n) is 6.11. The lowest BCUT2D eigenvalue weighted by atomic mass is 10.1. The van der Waals surface area contributed by atoms with E-state index in [-0.39, 0.29) is 17.9 Å². The number of carbonyl (C=O) groups excluding carboxylic acids is 1. The molecule has 0 radical (unpaired) electrons. The number of anilines is 1. The standard InChI is InChI=1S/C12H16F3N3O2S/c1-2-21(20)7-6-17-11(19)8-4-3-5-9(10(8)18-16)12(13,14)15/h3-5,18H,2,6-7,16H2,1H3,(H,17,19). The minimum absolute atomic E-state index is 0.111. The van der Waals surface area contributed by atoms with E-state index in [9.17, 15) is 22.2 Å². The van der Waals surface area contributed by atoms with Crippen molar-refractivity contribution in [3.8, 4) is 0 Å². The molecule has 0 bridgehead atoms. The molecule has 4 N–H and O–H groups in total. The summed E-state index contributed by atoms with van der Waals surface area (Å²) in [7, 11) is -1.06. The average Bonchev–Trinajstić information content (AvgIpc) is 2.44. The van der Waals surface area contributed by atoms with Crippen LogP contribution in [0.2, 0.25) is 0 Å². The Morgan fingerprint density at radius 1 is 1.38 bits per heavy atom. The second-order valence-corrected chi connectivity index (χ2v) is 5.92. The summed E-state index contributed by atoms with van der Waals surface area (Å²) in [6, 6.07) is 3.19. The molecule has 1 rings (SSSR count). The molecule has 0 saturated heterocycles. The molecule has 9 heteroatoms. The van der Waals surface area contributed by atoms with Gasteiger partial charge in [-0.15, -0.1) is 0 Å². The Morgan fingerprint density at radius 3 is 2.57 bits per heavy atom. The third-order valence-electron chi connectivity index (χ3n) is 2.70. The summed E-state index contributed by atoms with van der Waals surface area (Å²) in [5.41, 5.74) is 0.202. The highest BCUT2D eigenvalue weighted by Crippen LogP contribution is 2.36. The lowest BCUT2D eigenvalue weighted by molar-refractivity contribution is -0.137. The molecule has 5 nitrogen and oxygen atoms in total. The number of alkyl halides is 3. The highest BCUT2D eigenvalue weighted by Gasteiger charge is 2.35. The van der Waals surface area contributed by atoms with Gasteiger partial charge in [-0.25, -0.2) is 0 Å². The first-order valence-corrected chi connectivity index (χ1v) is 7.60. The summed E-state index contributed by atoms with van der Waals surface area (Å²) < 4.78 is 49.7. The smallest absolute Gasteiger partial charge is 0.351 e. The summed E-state index contributed by atoms with van der Waals surface area (Å²) in [5.74, 6) is 5.10. The average molecular weight is 323 g/mol. The van der Waals surface area contributed by atoms with Crippen LogP contribution in [0.5, 0.6) is 0 Å². The van der Waals surface area contributed by atoms with Gasteiger partial charge in [0.15, 0.2) is 0 Å². The first-order chi connectivity index (χ1) is 9.81. The van der Waals surface area contributed by atoms with E-state index in [0.29, 0.717) is 5.75 Å².